The van der Waals surface area contributed by atoms with Crippen LogP contribution in [0.4, 0.5) is 5.13 Å². The molecule has 0 radical (unpaired) electrons. The van der Waals surface area contributed by atoms with Gasteiger partial charge in [0.1, 0.15) is 0 Å². The summed E-state index contributed by atoms with van der Waals surface area (Å²) < 4.78 is 0. The van der Waals surface area contributed by atoms with Gasteiger partial charge in [0.05, 0.1) is 5.69 Å². The van der Waals surface area contributed by atoms with Crippen LogP contribution in [0.25, 0.3) is 0 Å². The third-order valence-corrected chi connectivity index (χ3v) is 5.03. The lowest BCUT2D eigenvalue weighted by Crippen LogP contribution is -2.33. The Labute approximate surface area is 115 Å². The van der Waals surface area contributed by atoms with Crippen LogP contribution >= 0.6 is 11.3 Å². The van der Waals surface area contributed by atoms with Crippen LogP contribution < -0.4 is 10.2 Å². The van der Waals surface area contributed by atoms with E-state index in [0.717, 1.165) is 13.0 Å². The minimum Gasteiger partial charge on any atom is -0.342 e. The monoisotopic (exact) mass is 267 g/mol. The molecule has 2 heterocycles. The predicted octanol–water partition coefficient (Wildman–Crippen LogP) is 3.19. The standard InChI is InChI=1S/C14H25N3S/c1-5-11-8-7-10(3)17(11)14-16-12(6-2)13(18-14)9-15-4/h10-11,15H,5-9H2,1-4H3. The molecule has 1 N–H and O–H groups in total. The molecule has 102 valence electrons. The van der Waals surface area contributed by atoms with Crippen molar-refractivity contribution in [2.45, 2.75) is 65.1 Å². The number of rotatable bonds is 5. The van der Waals surface area contributed by atoms with Crippen molar-refractivity contribution in [2.75, 3.05) is 11.9 Å². The number of hydrogen-bond acceptors (Lipinski definition) is 4. The molecule has 1 saturated heterocycles. The first-order chi connectivity index (χ1) is 8.71. The maximum absolute atomic E-state index is 4.88. The number of aryl methyl sites for hydroxylation is 1. The zero-order valence-electron chi connectivity index (χ0n) is 12.0. The van der Waals surface area contributed by atoms with E-state index in [1.807, 2.05) is 18.4 Å². The Hall–Kier alpha value is -0.610. The fraction of sp³-hybridized carbons (Fsp3) is 0.786. The van der Waals surface area contributed by atoms with Crippen LogP contribution in [0.2, 0.25) is 0 Å². The van der Waals surface area contributed by atoms with Crippen LogP contribution in [0.15, 0.2) is 0 Å². The zero-order valence-corrected chi connectivity index (χ0v) is 12.8. The summed E-state index contributed by atoms with van der Waals surface area (Å²) in [5, 5.41) is 4.50. The van der Waals surface area contributed by atoms with E-state index in [-0.39, 0.29) is 0 Å². The molecule has 1 aliphatic heterocycles. The summed E-state index contributed by atoms with van der Waals surface area (Å²) in [4.78, 5) is 8.85. The number of hydrogen-bond donors (Lipinski definition) is 1. The fourth-order valence-corrected chi connectivity index (χ4v) is 4.21. The molecule has 0 aromatic carbocycles. The van der Waals surface area contributed by atoms with Gasteiger partial charge in [-0.25, -0.2) is 4.98 Å². The van der Waals surface area contributed by atoms with Gasteiger partial charge in [-0.05, 0) is 39.7 Å². The van der Waals surface area contributed by atoms with Crippen molar-refractivity contribution in [3.63, 3.8) is 0 Å². The van der Waals surface area contributed by atoms with E-state index in [2.05, 4.69) is 31.0 Å². The molecule has 0 aliphatic carbocycles. The largest absolute Gasteiger partial charge is 0.342 e. The van der Waals surface area contributed by atoms with Crippen LogP contribution in [-0.4, -0.2) is 24.1 Å². The molecule has 0 bridgehead atoms. The Morgan fingerprint density at radius 3 is 2.78 bits per heavy atom. The summed E-state index contributed by atoms with van der Waals surface area (Å²) in [6.07, 6.45) is 4.89. The van der Waals surface area contributed by atoms with Crippen molar-refractivity contribution >= 4 is 16.5 Å². The molecule has 18 heavy (non-hydrogen) atoms. The van der Waals surface area contributed by atoms with Gasteiger partial charge >= 0.3 is 0 Å². The molecular formula is C14H25N3S. The highest BCUT2D eigenvalue weighted by Crippen LogP contribution is 2.36. The molecule has 1 aliphatic rings. The Morgan fingerprint density at radius 2 is 2.17 bits per heavy atom. The lowest BCUT2D eigenvalue weighted by atomic mass is 10.2. The first-order valence-electron chi connectivity index (χ1n) is 7.12. The zero-order chi connectivity index (χ0) is 13.1. The molecule has 0 amide bonds. The van der Waals surface area contributed by atoms with Crippen molar-refractivity contribution in [1.82, 2.24) is 10.3 Å². The topological polar surface area (TPSA) is 28.2 Å². The number of nitrogens with zero attached hydrogens (tertiary/aromatic N) is 2. The van der Waals surface area contributed by atoms with E-state index in [4.69, 9.17) is 4.98 Å². The minimum atomic E-state index is 0.647. The van der Waals surface area contributed by atoms with Crippen molar-refractivity contribution in [2.24, 2.45) is 0 Å². The van der Waals surface area contributed by atoms with E-state index < -0.39 is 0 Å². The second kappa shape index (κ2) is 6.02. The number of anilines is 1. The lowest BCUT2D eigenvalue weighted by Gasteiger charge is -2.27. The third-order valence-electron chi connectivity index (χ3n) is 3.92. The highest BCUT2D eigenvalue weighted by Gasteiger charge is 2.31. The minimum absolute atomic E-state index is 0.647. The molecule has 2 rings (SSSR count). The lowest BCUT2D eigenvalue weighted by molar-refractivity contribution is 0.625. The summed E-state index contributed by atoms with van der Waals surface area (Å²) >= 11 is 1.88. The van der Waals surface area contributed by atoms with E-state index in [1.54, 1.807) is 0 Å². The van der Waals surface area contributed by atoms with Gasteiger partial charge < -0.3 is 10.2 Å². The number of thiazole rings is 1. The summed E-state index contributed by atoms with van der Waals surface area (Å²) in [7, 11) is 2.01. The first-order valence-corrected chi connectivity index (χ1v) is 7.94. The van der Waals surface area contributed by atoms with Crippen molar-refractivity contribution < 1.29 is 0 Å². The summed E-state index contributed by atoms with van der Waals surface area (Å²) in [6, 6.07) is 1.34. The maximum atomic E-state index is 4.88. The van der Waals surface area contributed by atoms with Crippen LogP contribution in [0.3, 0.4) is 0 Å². The average molecular weight is 267 g/mol. The van der Waals surface area contributed by atoms with Crippen LogP contribution in [-0.2, 0) is 13.0 Å². The average Bonchev–Trinajstić information content (AvgIpc) is 2.92. The molecule has 0 spiro atoms. The molecule has 2 atom stereocenters. The number of nitrogens with one attached hydrogen (secondary N) is 1. The van der Waals surface area contributed by atoms with Crippen LogP contribution in [0, 0.1) is 0 Å². The molecule has 1 aromatic rings. The van der Waals surface area contributed by atoms with E-state index in [0.29, 0.717) is 12.1 Å². The summed E-state index contributed by atoms with van der Waals surface area (Å²) in [6.45, 7) is 7.77. The third kappa shape index (κ3) is 2.54. The van der Waals surface area contributed by atoms with Crippen LogP contribution in [0.1, 0.15) is 50.6 Å². The molecular weight excluding hydrogens is 242 g/mol. The second-order valence-electron chi connectivity index (χ2n) is 5.15. The summed E-state index contributed by atoms with van der Waals surface area (Å²) in [5.74, 6) is 0. The number of aromatic nitrogens is 1. The highest BCUT2D eigenvalue weighted by atomic mass is 32.1. The van der Waals surface area contributed by atoms with E-state index in [1.165, 1.54) is 35.0 Å². The molecule has 3 nitrogen and oxygen atoms in total. The Balaban J connectivity index is 2.26. The van der Waals surface area contributed by atoms with Crippen molar-refractivity contribution in [3.05, 3.63) is 10.6 Å². The van der Waals surface area contributed by atoms with E-state index in [9.17, 15) is 0 Å². The van der Waals surface area contributed by atoms with Crippen LogP contribution in [0.5, 0.6) is 0 Å². The Morgan fingerprint density at radius 1 is 1.39 bits per heavy atom. The van der Waals surface area contributed by atoms with Gasteiger partial charge in [0, 0.05) is 23.5 Å². The fourth-order valence-electron chi connectivity index (χ4n) is 2.87. The normalized spacial score (nSPS) is 23.9. The van der Waals surface area contributed by atoms with Gasteiger partial charge in [-0.15, -0.1) is 11.3 Å². The van der Waals surface area contributed by atoms with E-state index >= 15 is 0 Å². The van der Waals surface area contributed by atoms with Gasteiger partial charge in [-0.2, -0.15) is 0 Å². The van der Waals surface area contributed by atoms with Crippen molar-refractivity contribution in [3.8, 4) is 0 Å². The second-order valence-corrected chi connectivity index (χ2v) is 6.21. The molecule has 4 heteroatoms. The van der Waals surface area contributed by atoms with Gasteiger partial charge in [0.2, 0.25) is 0 Å². The summed E-state index contributed by atoms with van der Waals surface area (Å²) in [5.41, 5.74) is 1.28. The van der Waals surface area contributed by atoms with Gasteiger partial charge in [-0.1, -0.05) is 13.8 Å². The molecule has 0 saturated carbocycles. The van der Waals surface area contributed by atoms with Gasteiger partial charge in [0.15, 0.2) is 5.13 Å². The molecule has 1 aromatic heterocycles. The van der Waals surface area contributed by atoms with Crippen molar-refractivity contribution in [1.29, 1.82) is 0 Å². The highest BCUT2D eigenvalue weighted by molar-refractivity contribution is 7.15. The predicted molar refractivity (Wildman–Crippen MR) is 79.5 cm³/mol. The smallest absolute Gasteiger partial charge is 0.186 e. The molecule has 2 unspecified atom stereocenters. The van der Waals surface area contributed by atoms with Gasteiger partial charge in [0.25, 0.3) is 0 Å². The maximum Gasteiger partial charge on any atom is 0.186 e. The van der Waals surface area contributed by atoms with Gasteiger partial charge in [-0.3, -0.25) is 0 Å². The molecule has 1 fully saturated rings. The first kappa shape index (κ1) is 13.8. The Bertz CT molecular complexity index is 388. The Kier molecular flexibility index (Phi) is 4.62. The quantitative estimate of drug-likeness (QED) is 0.888. The SMILES string of the molecule is CCc1nc(N2C(C)CCC2CC)sc1CNC.